The summed E-state index contributed by atoms with van der Waals surface area (Å²) in [5.41, 5.74) is 0. The minimum Gasteiger partial charge on any atom is -0.481 e. The molecular weight excluding hydrogens is 250 g/mol. The van der Waals surface area contributed by atoms with Crippen LogP contribution in [0.2, 0.25) is 0 Å². The van der Waals surface area contributed by atoms with E-state index in [9.17, 15) is 9.59 Å². The number of carbonyl (C=O) groups is 2. The quantitative estimate of drug-likeness (QED) is 0.714. The third-order valence-electron chi connectivity index (χ3n) is 2.53. The van der Waals surface area contributed by atoms with Gasteiger partial charge in [0.25, 0.3) is 0 Å². The van der Waals surface area contributed by atoms with E-state index < -0.39 is 11.9 Å². The molecule has 1 rings (SSSR count). The van der Waals surface area contributed by atoms with Crippen LogP contribution in [-0.2, 0) is 9.59 Å². The molecular formula is C13H17NO5. The molecule has 0 fully saturated rings. The third-order valence-corrected chi connectivity index (χ3v) is 2.53. The zero-order chi connectivity index (χ0) is 14.3. The smallest absolute Gasteiger partial charge is 0.308 e. The first-order valence-electron chi connectivity index (χ1n) is 5.88. The minimum atomic E-state index is -0.981. The number of carbonyl (C=O) groups excluding carboxylic acids is 1. The van der Waals surface area contributed by atoms with E-state index in [4.69, 9.17) is 14.6 Å². The summed E-state index contributed by atoms with van der Waals surface area (Å²) in [7, 11) is 0. The van der Waals surface area contributed by atoms with Crippen LogP contribution in [0.3, 0.4) is 0 Å². The van der Waals surface area contributed by atoms with E-state index in [2.05, 4.69) is 0 Å². The third kappa shape index (κ3) is 4.97. The van der Waals surface area contributed by atoms with E-state index in [-0.39, 0.29) is 25.6 Å². The summed E-state index contributed by atoms with van der Waals surface area (Å²) in [6.07, 6.45) is 4.28. The van der Waals surface area contributed by atoms with Gasteiger partial charge in [-0.3, -0.25) is 9.59 Å². The fourth-order valence-electron chi connectivity index (χ4n) is 1.47. The van der Waals surface area contributed by atoms with Crippen molar-refractivity contribution in [2.45, 2.75) is 6.92 Å². The van der Waals surface area contributed by atoms with Crippen molar-refractivity contribution >= 4 is 18.0 Å². The van der Waals surface area contributed by atoms with Gasteiger partial charge in [-0.25, -0.2) is 0 Å². The second kappa shape index (κ2) is 7.38. The van der Waals surface area contributed by atoms with Crippen molar-refractivity contribution in [2.24, 2.45) is 5.92 Å². The van der Waals surface area contributed by atoms with Crippen LogP contribution in [0.25, 0.3) is 6.08 Å². The second-order valence-corrected chi connectivity index (χ2v) is 4.10. The number of furan rings is 1. The van der Waals surface area contributed by atoms with Gasteiger partial charge in [0, 0.05) is 19.2 Å². The highest BCUT2D eigenvalue weighted by Gasteiger charge is 2.18. The van der Waals surface area contributed by atoms with Crippen LogP contribution in [0.15, 0.2) is 28.9 Å². The summed E-state index contributed by atoms with van der Waals surface area (Å²) < 4.78 is 5.04. The van der Waals surface area contributed by atoms with Crippen molar-refractivity contribution < 1.29 is 24.2 Å². The Morgan fingerprint density at radius 3 is 2.79 bits per heavy atom. The van der Waals surface area contributed by atoms with E-state index in [1.807, 2.05) is 0 Å². The Morgan fingerprint density at radius 2 is 2.26 bits per heavy atom. The summed E-state index contributed by atoms with van der Waals surface area (Å²) >= 11 is 0. The fraction of sp³-hybridized carbons (Fsp3) is 0.385. The monoisotopic (exact) mass is 267 g/mol. The first-order valence-corrected chi connectivity index (χ1v) is 5.88. The van der Waals surface area contributed by atoms with Crippen LogP contribution < -0.4 is 0 Å². The minimum absolute atomic E-state index is 0.0528. The summed E-state index contributed by atoms with van der Waals surface area (Å²) in [5, 5.41) is 17.7. The SMILES string of the molecule is CC(CN(CCO)C(=O)/C=C/c1ccco1)C(=O)O. The molecule has 0 radical (unpaired) electrons. The highest BCUT2D eigenvalue weighted by Crippen LogP contribution is 2.05. The van der Waals surface area contributed by atoms with Gasteiger partial charge in [-0.15, -0.1) is 0 Å². The molecule has 0 aliphatic carbocycles. The number of rotatable bonds is 7. The van der Waals surface area contributed by atoms with Crippen molar-refractivity contribution in [3.05, 3.63) is 30.2 Å². The maximum Gasteiger partial charge on any atom is 0.308 e. The van der Waals surface area contributed by atoms with E-state index in [1.165, 1.54) is 30.2 Å². The van der Waals surface area contributed by atoms with Gasteiger partial charge in [0.15, 0.2) is 0 Å². The van der Waals surface area contributed by atoms with Crippen LogP contribution in [0.4, 0.5) is 0 Å². The Balaban J connectivity index is 2.64. The largest absolute Gasteiger partial charge is 0.481 e. The van der Waals surface area contributed by atoms with Crippen LogP contribution in [0.5, 0.6) is 0 Å². The lowest BCUT2D eigenvalue weighted by Crippen LogP contribution is -2.37. The van der Waals surface area contributed by atoms with Gasteiger partial charge in [0.2, 0.25) is 5.91 Å². The standard InChI is InChI=1S/C13H17NO5/c1-10(13(17)18)9-14(6-7-15)12(16)5-4-11-3-2-8-19-11/h2-5,8,10,15H,6-7,9H2,1H3,(H,17,18)/b5-4+. The first kappa shape index (κ1) is 15.0. The molecule has 1 heterocycles. The van der Waals surface area contributed by atoms with Gasteiger partial charge >= 0.3 is 5.97 Å². The first-order chi connectivity index (χ1) is 9.04. The number of carboxylic acid groups (broad SMARTS) is 1. The highest BCUT2D eigenvalue weighted by atomic mass is 16.4. The molecule has 0 bridgehead atoms. The van der Waals surface area contributed by atoms with Crippen molar-refractivity contribution in [3.8, 4) is 0 Å². The van der Waals surface area contributed by atoms with Gasteiger partial charge in [-0.2, -0.15) is 0 Å². The number of aliphatic hydroxyl groups is 1. The summed E-state index contributed by atoms with van der Waals surface area (Å²) in [4.78, 5) is 23.9. The van der Waals surface area contributed by atoms with Crippen molar-refractivity contribution in [1.29, 1.82) is 0 Å². The van der Waals surface area contributed by atoms with Crippen molar-refractivity contribution in [2.75, 3.05) is 19.7 Å². The molecule has 2 N–H and O–H groups in total. The van der Waals surface area contributed by atoms with E-state index in [0.29, 0.717) is 5.76 Å². The molecule has 0 saturated heterocycles. The van der Waals surface area contributed by atoms with Crippen molar-refractivity contribution in [3.63, 3.8) is 0 Å². The van der Waals surface area contributed by atoms with Gasteiger partial charge in [-0.05, 0) is 18.2 Å². The topological polar surface area (TPSA) is 91.0 Å². The predicted molar refractivity (Wildman–Crippen MR) is 68.2 cm³/mol. The van der Waals surface area contributed by atoms with E-state index in [0.717, 1.165) is 0 Å². The molecule has 6 heteroatoms. The number of carboxylic acids is 1. The zero-order valence-electron chi connectivity index (χ0n) is 10.7. The predicted octanol–water partition coefficient (Wildman–Crippen LogP) is 0.834. The number of nitrogens with zero attached hydrogens (tertiary/aromatic N) is 1. The Labute approximate surface area is 110 Å². The number of hydrogen-bond donors (Lipinski definition) is 2. The average molecular weight is 267 g/mol. The molecule has 0 aliphatic heterocycles. The zero-order valence-corrected chi connectivity index (χ0v) is 10.7. The average Bonchev–Trinajstić information content (AvgIpc) is 2.88. The Bertz CT molecular complexity index is 438. The molecule has 0 spiro atoms. The van der Waals surface area contributed by atoms with Gasteiger partial charge in [-0.1, -0.05) is 6.92 Å². The van der Waals surface area contributed by atoms with Crippen LogP contribution in [0.1, 0.15) is 12.7 Å². The maximum atomic E-state index is 11.9. The molecule has 19 heavy (non-hydrogen) atoms. The lowest BCUT2D eigenvalue weighted by Gasteiger charge is -2.22. The normalized spacial score (nSPS) is 12.5. The summed E-state index contributed by atoms with van der Waals surface area (Å²) in [5.74, 6) is -1.50. The molecule has 1 aromatic heterocycles. The molecule has 1 atom stereocenters. The van der Waals surface area contributed by atoms with Crippen molar-refractivity contribution in [1.82, 2.24) is 4.90 Å². The Kier molecular flexibility index (Phi) is 5.81. The molecule has 6 nitrogen and oxygen atoms in total. The molecule has 1 amide bonds. The second-order valence-electron chi connectivity index (χ2n) is 4.10. The van der Waals surface area contributed by atoms with Crippen LogP contribution in [-0.4, -0.2) is 46.7 Å². The van der Waals surface area contributed by atoms with Gasteiger partial charge < -0.3 is 19.5 Å². The van der Waals surface area contributed by atoms with E-state index in [1.54, 1.807) is 12.1 Å². The lowest BCUT2D eigenvalue weighted by molar-refractivity contribution is -0.142. The molecule has 0 aliphatic rings. The molecule has 1 unspecified atom stereocenters. The lowest BCUT2D eigenvalue weighted by atomic mass is 10.1. The van der Waals surface area contributed by atoms with E-state index >= 15 is 0 Å². The number of aliphatic hydroxyl groups excluding tert-OH is 1. The fourth-order valence-corrected chi connectivity index (χ4v) is 1.47. The molecule has 104 valence electrons. The van der Waals surface area contributed by atoms with Gasteiger partial charge in [0.05, 0.1) is 18.8 Å². The molecule has 0 aromatic carbocycles. The summed E-state index contributed by atoms with van der Waals surface area (Å²) in [6, 6.07) is 3.39. The number of aliphatic carboxylic acids is 1. The van der Waals surface area contributed by atoms with Crippen LogP contribution >= 0.6 is 0 Å². The maximum absolute atomic E-state index is 11.9. The number of amides is 1. The van der Waals surface area contributed by atoms with Gasteiger partial charge in [0.1, 0.15) is 5.76 Å². The highest BCUT2D eigenvalue weighted by molar-refractivity contribution is 5.91. The molecule has 0 saturated carbocycles. The number of hydrogen-bond acceptors (Lipinski definition) is 4. The molecule has 1 aromatic rings. The Hall–Kier alpha value is -2.08. The van der Waals surface area contributed by atoms with Crippen LogP contribution in [0, 0.1) is 5.92 Å². The summed E-state index contributed by atoms with van der Waals surface area (Å²) in [6.45, 7) is 1.44. The Morgan fingerprint density at radius 1 is 1.53 bits per heavy atom.